The summed E-state index contributed by atoms with van der Waals surface area (Å²) >= 11 is 0. The molecule has 7 amide bonds. The number of unbranched alkanes of at least 4 members (excludes halogenated alkanes) is 2. The predicted octanol–water partition coefficient (Wildman–Crippen LogP) is 4.91. The molecule has 0 bridgehead atoms. The number of hydrogen-bond acceptors (Lipinski definition) is 10. The molecule has 6 unspecified atom stereocenters. The summed E-state index contributed by atoms with van der Waals surface area (Å²) in [5.74, 6) is -5.59. The van der Waals surface area contributed by atoms with Crippen molar-refractivity contribution >= 4 is 57.9 Å². The summed E-state index contributed by atoms with van der Waals surface area (Å²) < 4.78 is 12.3. The van der Waals surface area contributed by atoms with Gasteiger partial charge in [-0.05, 0) is 67.3 Å². The number of nitrogens with one attached hydrogen (secondary N) is 5. The van der Waals surface area contributed by atoms with Gasteiger partial charge in [0.2, 0.25) is 35.3 Å². The molecule has 7 N–H and O–H groups in total. The van der Waals surface area contributed by atoms with Crippen molar-refractivity contribution in [2.75, 3.05) is 19.7 Å². The van der Waals surface area contributed by atoms with Crippen molar-refractivity contribution in [1.29, 1.82) is 0 Å². The number of ether oxygens (including phenoxy) is 2. The second kappa shape index (κ2) is 27.7. The lowest BCUT2D eigenvalue weighted by Gasteiger charge is -2.35. The van der Waals surface area contributed by atoms with Crippen LogP contribution in [-0.4, -0.2) is 108 Å². The summed E-state index contributed by atoms with van der Waals surface area (Å²) in [6, 6.07) is 15.2. The number of nitrogens with two attached hydrogens (primary N) is 1. The fourth-order valence-electron chi connectivity index (χ4n) is 9.32. The van der Waals surface area contributed by atoms with Gasteiger partial charge >= 0.3 is 0 Å². The standard InChI is InChI=1S/C53H73N7O10/c1-5-9-26-40(48(54)63)58-49(64)41(27-10-6-2)56-44(61)31-55-52(67)47(62)39(19-7-3)57-50(65)42-30-37(70-33-34-20-13-11-14-21-34)32-60(42)53(68)46(36-23-15-12-16-24-36)59-51(66)45-38-25-18-17-22-35(38)28-29-43(45)69-8-4/h11,13-14,17-18,20-22,25,28-29,36-37,39-42,46H,5-10,12,15-16,19,23-24,26-27,30-33H2,1-4H3,(H2,54,63)(H,55,67)(H,56,61)(H,57,65)(H,58,64)(H,59,66). The average Bonchev–Trinajstić information content (AvgIpc) is 3.81. The largest absolute Gasteiger partial charge is 0.493 e. The molecule has 0 aromatic heterocycles. The first-order chi connectivity index (χ1) is 33.8. The predicted molar refractivity (Wildman–Crippen MR) is 265 cm³/mol. The van der Waals surface area contributed by atoms with E-state index in [1.165, 1.54) is 4.90 Å². The van der Waals surface area contributed by atoms with E-state index in [1.54, 1.807) is 13.0 Å². The molecule has 17 heteroatoms. The molecule has 1 aliphatic carbocycles. The lowest BCUT2D eigenvalue weighted by molar-refractivity contribution is -0.143. The van der Waals surface area contributed by atoms with Crippen molar-refractivity contribution in [3.63, 3.8) is 0 Å². The molecule has 1 saturated heterocycles. The Morgan fingerprint density at radius 1 is 0.729 bits per heavy atom. The van der Waals surface area contributed by atoms with E-state index < -0.39 is 90.0 Å². The number of hydrogen-bond donors (Lipinski definition) is 6. The Morgan fingerprint density at radius 2 is 1.41 bits per heavy atom. The van der Waals surface area contributed by atoms with E-state index in [4.69, 9.17) is 15.2 Å². The summed E-state index contributed by atoms with van der Waals surface area (Å²) in [6.45, 7) is 7.39. The molecule has 6 atom stereocenters. The number of ketones is 1. The lowest BCUT2D eigenvalue weighted by atomic mass is 9.83. The fourth-order valence-corrected chi connectivity index (χ4v) is 9.32. The van der Waals surface area contributed by atoms with Crippen molar-refractivity contribution < 1.29 is 47.8 Å². The van der Waals surface area contributed by atoms with Crippen molar-refractivity contribution in [3.05, 3.63) is 77.9 Å². The van der Waals surface area contributed by atoms with Gasteiger partial charge in [-0.1, -0.05) is 133 Å². The normalized spacial score (nSPS) is 17.6. The van der Waals surface area contributed by atoms with Crippen LogP contribution >= 0.6 is 0 Å². The van der Waals surface area contributed by atoms with Gasteiger partial charge in [0, 0.05) is 13.0 Å². The molecular weight excluding hydrogens is 895 g/mol. The molecule has 0 radical (unpaired) electrons. The summed E-state index contributed by atoms with van der Waals surface area (Å²) in [7, 11) is 0. The molecule has 5 rings (SSSR count). The van der Waals surface area contributed by atoms with Crippen LogP contribution in [0.1, 0.15) is 134 Å². The number of nitrogens with zero attached hydrogens (tertiary/aromatic N) is 1. The first-order valence-corrected chi connectivity index (χ1v) is 25.2. The Bertz CT molecular complexity index is 2270. The van der Waals surface area contributed by atoms with Gasteiger partial charge in [0.25, 0.3) is 11.8 Å². The van der Waals surface area contributed by atoms with Gasteiger partial charge < -0.3 is 46.7 Å². The first-order valence-electron chi connectivity index (χ1n) is 25.2. The van der Waals surface area contributed by atoms with E-state index >= 15 is 4.79 Å². The van der Waals surface area contributed by atoms with Gasteiger partial charge in [-0.2, -0.15) is 0 Å². The van der Waals surface area contributed by atoms with E-state index in [0.717, 1.165) is 43.1 Å². The second-order valence-electron chi connectivity index (χ2n) is 18.4. The van der Waals surface area contributed by atoms with Crippen LogP contribution in [0, 0.1) is 5.92 Å². The second-order valence-corrected chi connectivity index (χ2v) is 18.4. The quantitative estimate of drug-likeness (QED) is 0.0564. The third-order valence-corrected chi connectivity index (χ3v) is 13.1. The molecule has 380 valence electrons. The van der Waals surface area contributed by atoms with Gasteiger partial charge in [-0.25, -0.2) is 0 Å². The first kappa shape index (κ1) is 54.6. The van der Waals surface area contributed by atoms with Crippen LogP contribution in [0.25, 0.3) is 10.8 Å². The molecule has 3 aromatic carbocycles. The molecule has 2 fully saturated rings. The molecule has 0 spiro atoms. The summed E-state index contributed by atoms with van der Waals surface area (Å²) in [5.41, 5.74) is 6.72. The minimum atomic E-state index is -1.31. The Morgan fingerprint density at radius 3 is 2.09 bits per heavy atom. The maximum absolute atomic E-state index is 15.2. The third-order valence-electron chi connectivity index (χ3n) is 13.1. The molecule has 1 saturated carbocycles. The smallest absolute Gasteiger partial charge is 0.290 e. The van der Waals surface area contributed by atoms with Crippen LogP contribution in [0.5, 0.6) is 5.75 Å². The Kier molecular flexibility index (Phi) is 21.6. The van der Waals surface area contributed by atoms with Gasteiger partial charge in [0.05, 0.1) is 37.5 Å². The fraction of sp³-hybridized carbons (Fsp3) is 0.547. The number of carbonyl (C=O) groups excluding carboxylic acids is 8. The maximum Gasteiger partial charge on any atom is 0.290 e. The Labute approximate surface area is 411 Å². The van der Waals surface area contributed by atoms with Gasteiger partial charge in [0.15, 0.2) is 0 Å². The third kappa shape index (κ3) is 15.3. The van der Waals surface area contributed by atoms with Crippen LogP contribution in [0.15, 0.2) is 66.7 Å². The highest BCUT2D eigenvalue weighted by Gasteiger charge is 2.45. The molecular formula is C53H73N7O10. The Hall–Kier alpha value is -6.36. The van der Waals surface area contributed by atoms with E-state index in [2.05, 4.69) is 26.6 Å². The molecule has 70 heavy (non-hydrogen) atoms. The minimum absolute atomic E-state index is 0.0303. The molecule has 3 aromatic rings. The van der Waals surface area contributed by atoms with E-state index in [9.17, 15) is 33.6 Å². The number of amides is 7. The number of Topliss-reactive ketones (excluding diaryl/α,β-unsaturated/α-hetero) is 1. The van der Waals surface area contributed by atoms with Crippen LogP contribution in [0.2, 0.25) is 0 Å². The Balaban J connectivity index is 1.34. The summed E-state index contributed by atoms with van der Waals surface area (Å²) in [4.78, 5) is 111. The number of benzene rings is 3. The van der Waals surface area contributed by atoms with Crippen molar-refractivity contribution in [1.82, 2.24) is 31.5 Å². The zero-order valence-corrected chi connectivity index (χ0v) is 41.2. The minimum Gasteiger partial charge on any atom is -0.493 e. The number of likely N-dealkylation sites (tertiary alicyclic amines) is 1. The zero-order chi connectivity index (χ0) is 50.6. The number of fused-ring (bicyclic) bond motifs is 1. The van der Waals surface area contributed by atoms with Gasteiger partial charge in [0.1, 0.15) is 29.9 Å². The highest BCUT2D eigenvalue weighted by molar-refractivity contribution is 6.38. The van der Waals surface area contributed by atoms with Crippen LogP contribution in [-0.2, 0) is 44.9 Å². The van der Waals surface area contributed by atoms with Crippen LogP contribution in [0.4, 0.5) is 0 Å². The lowest BCUT2D eigenvalue weighted by Crippen LogP contribution is -2.58. The molecule has 17 nitrogen and oxygen atoms in total. The SMILES string of the molecule is CCCCC(NC(=O)C(CCCC)NC(=O)CNC(=O)C(=O)C(CCC)NC(=O)C1CC(OCc2ccccc2)CN1C(=O)C(NC(=O)c1c(OCC)ccc2ccccc12)C1CCCCC1)C(N)=O. The van der Waals surface area contributed by atoms with Crippen LogP contribution < -0.4 is 37.1 Å². The molecule has 1 aliphatic heterocycles. The summed E-state index contributed by atoms with van der Waals surface area (Å²) in [5, 5.41) is 14.9. The average molecular weight is 968 g/mol. The number of carbonyl (C=O) groups is 8. The highest BCUT2D eigenvalue weighted by atomic mass is 16.5. The topological polar surface area (TPSA) is 244 Å². The van der Waals surface area contributed by atoms with Crippen molar-refractivity contribution in [3.8, 4) is 5.75 Å². The van der Waals surface area contributed by atoms with E-state index in [0.29, 0.717) is 61.8 Å². The number of primary amides is 1. The summed E-state index contributed by atoms with van der Waals surface area (Å²) in [6.07, 6.45) is 7.41. The van der Waals surface area contributed by atoms with Crippen molar-refractivity contribution in [2.45, 2.75) is 161 Å². The highest BCUT2D eigenvalue weighted by Crippen LogP contribution is 2.33. The monoisotopic (exact) mass is 968 g/mol. The number of rotatable bonds is 27. The van der Waals surface area contributed by atoms with E-state index in [1.807, 2.05) is 81.4 Å². The van der Waals surface area contributed by atoms with Crippen LogP contribution in [0.3, 0.4) is 0 Å². The molecule has 2 aliphatic rings. The van der Waals surface area contributed by atoms with Crippen molar-refractivity contribution in [2.24, 2.45) is 11.7 Å². The van der Waals surface area contributed by atoms with E-state index in [-0.39, 0.29) is 38.3 Å². The van der Waals surface area contributed by atoms with Gasteiger partial charge in [-0.3, -0.25) is 38.4 Å². The maximum atomic E-state index is 15.2. The molecule has 1 heterocycles. The van der Waals surface area contributed by atoms with Gasteiger partial charge in [-0.15, -0.1) is 0 Å². The zero-order valence-electron chi connectivity index (χ0n) is 41.2.